The number of benzene rings is 2. The highest BCUT2D eigenvalue weighted by atomic mass is 32.1. The second-order valence-electron chi connectivity index (χ2n) is 7.00. The van der Waals surface area contributed by atoms with Crippen LogP contribution >= 0.6 is 11.3 Å². The second kappa shape index (κ2) is 7.33. The molecule has 0 spiro atoms. The summed E-state index contributed by atoms with van der Waals surface area (Å²) in [6, 6.07) is 16.5. The number of pyridine rings is 1. The van der Waals surface area contributed by atoms with E-state index in [0.29, 0.717) is 27.5 Å². The lowest BCUT2D eigenvalue weighted by Gasteiger charge is -2.04. The highest BCUT2D eigenvalue weighted by Gasteiger charge is 2.20. The van der Waals surface area contributed by atoms with E-state index in [1.165, 1.54) is 17.5 Å². The zero-order valence-corrected chi connectivity index (χ0v) is 17.2. The number of amides is 1. The van der Waals surface area contributed by atoms with E-state index in [1.54, 1.807) is 18.2 Å². The fourth-order valence-corrected chi connectivity index (χ4v) is 4.54. The number of aromatic amines is 1. The van der Waals surface area contributed by atoms with Gasteiger partial charge >= 0.3 is 5.97 Å². The van der Waals surface area contributed by atoms with Crippen LogP contribution in [0.2, 0.25) is 0 Å². The summed E-state index contributed by atoms with van der Waals surface area (Å²) >= 11 is 1.41. The third-order valence-corrected chi connectivity index (χ3v) is 6.08. The van der Waals surface area contributed by atoms with E-state index in [4.69, 9.17) is 0 Å². The number of para-hydroxylation sites is 2. The number of hydrogen-bond acceptors (Lipinski definition) is 5. The van der Waals surface area contributed by atoms with E-state index in [0.717, 1.165) is 21.2 Å². The molecule has 8 heteroatoms. The van der Waals surface area contributed by atoms with Crippen LogP contribution in [0, 0.1) is 6.92 Å². The summed E-state index contributed by atoms with van der Waals surface area (Å²) in [5.41, 5.74) is 3.82. The molecule has 0 bridgehead atoms. The number of nitrogens with zero attached hydrogens (tertiary/aromatic N) is 2. The monoisotopic (exact) mass is 428 g/mol. The lowest BCUT2D eigenvalue weighted by atomic mass is 10.0. The molecule has 3 N–H and O–H groups in total. The van der Waals surface area contributed by atoms with Crippen molar-refractivity contribution in [1.29, 1.82) is 0 Å². The minimum Gasteiger partial charge on any atom is -0.476 e. The molecule has 5 aromatic rings. The van der Waals surface area contributed by atoms with Crippen molar-refractivity contribution in [1.82, 2.24) is 15.0 Å². The van der Waals surface area contributed by atoms with Crippen LogP contribution in [0.15, 0.2) is 60.8 Å². The Kier molecular flexibility index (Phi) is 4.48. The van der Waals surface area contributed by atoms with E-state index in [-0.39, 0.29) is 11.6 Å². The van der Waals surface area contributed by atoms with Crippen molar-refractivity contribution in [3.8, 4) is 11.3 Å². The molecule has 152 valence electrons. The number of fused-ring (bicyclic) bond motifs is 2. The summed E-state index contributed by atoms with van der Waals surface area (Å²) < 4.78 is 0.992. The van der Waals surface area contributed by atoms with Crippen LogP contribution in [0.4, 0.5) is 5.13 Å². The molecule has 7 nitrogen and oxygen atoms in total. The van der Waals surface area contributed by atoms with Crippen LogP contribution in [0.5, 0.6) is 0 Å². The Morgan fingerprint density at radius 2 is 1.90 bits per heavy atom. The predicted octanol–water partition coefficient (Wildman–Crippen LogP) is 5.10. The predicted molar refractivity (Wildman–Crippen MR) is 121 cm³/mol. The number of carbonyl (C=O) groups excluding carboxylic acids is 1. The van der Waals surface area contributed by atoms with Crippen LogP contribution in [-0.2, 0) is 0 Å². The molecule has 31 heavy (non-hydrogen) atoms. The lowest BCUT2D eigenvalue weighted by molar-refractivity contribution is 0.0691. The fraction of sp³-hybridized carbons (Fsp3) is 0.0435. The van der Waals surface area contributed by atoms with Crippen molar-refractivity contribution >= 4 is 49.5 Å². The first-order valence-corrected chi connectivity index (χ1v) is 10.3. The quantitative estimate of drug-likeness (QED) is 0.369. The molecule has 0 aliphatic rings. The lowest BCUT2D eigenvalue weighted by Crippen LogP contribution is -2.12. The normalized spacial score (nSPS) is 11.1. The number of anilines is 1. The number of nitrogens with one attached hydrogen (secondary N) is 2. The minimum absolute atomic E-state index is 0.0439. The van der Waals surface area contributed by atoms with Gasteiger partial charge < -0.3 is 10.1 Å². The third-order valence-electron chi connectivity index (χ3n) is 5.13. The number of aryl methyl sites for hydroxylation is 1. The van der Waals surface area contributed by atoms with Crippen molar-refractivity contribution in [2.45, 2.75) is 6.92 Å². The van der Waals surface area contributed by atoms with Gasteiger partial charge in [-0.2, -0.15) is 0 Å². The summed E-state index contributed by atoms with van der Waals surface area (Å²) in [7, 11) is 0. The number of rotatable bonds is 4. The van der Waals surface area contributed by atoms with Gasteiger partial charge in [-0.15, -0.1) is 0 Å². The fourth-order valence-electron chi connectivity index (χ4n) is 3.68. The number of aromatic carboxylic acids is 1. The molecule has 0 saturated heterocycles. The summed E-state index contributed by atoms with van der Waals surface area (Å²) in [4.78, 5) is 36.4. The molecule has 3 aromatic heterocycles. The molecule has 0 fully saturated rings. The number of carbonyl (C=O) groups is 2. The minimum atomic E-state index is -1.11. The van der Waals surface area contributed by atoms with Crippen molar-refractivity contribution in [3.05, 3.63) is 77.6 Å². The number of thiazole rings is 1. The number of H-pyrrole nitrogens is 1. The van der Waals surface area contributed by atoms with Crippen molar-refractivity contribution < 1.29 is 14.7 Å². The Bertz CT molecular complexity index is 1450. The summed E-state index contributed by atoms with van der Waals surface area (Å²) in [5, 5.41) is 13.8. The number of aromatic nitrogens is 3. The van der Waals surface area contributed by atoms with Gasteiger partial charge in [0.2, 0.25) is 0 Å². The van der Waals surface area contributed by atoms with Gasteiger partial charge in [-0.1, -0.05) is 35.6 Å². The molecule has 0 atom stereocenters. The highest BCUT2D eigenvalue weighted by Crippen LogP contribution is 2.33. The van der Waals surface area contributed by atoms with E-state index in [2.05, 4.69) is 20.3 Å². The van der Waals surface area contributed by atoms with Gasteiger partial charge in [-0.25, -0.2) is 14.8 Å². The highest BCUT2D eigenvalue weighted by molar-refractivity contribution is 7.22. The van der Waals surface area contributed by atoms with E-state index in [9.17, 15) is 14.7 Å². The van der Waals surface area contributed by atoms with Gasteiger partial charge in [0.15, 0.2) is 10.8 Å². The maximum Gasteiger partial charge on any atom is 0.355 e. The molecule has 0 saturated carbocycles. The number of hydrogen-bond donors (Lipinski definition) is 3. The zero-order valence-electron chi connectivity index (χ0n) is 16.3. The molecule has 0 aliphatic heterocycles. The number of carboxylic acid groups (broad SMARTS) is 1. The van der Waals surface area contributed by atoms with Crippen LogP contribution in [0.25, 0.3) is 32.4 Å². The Balaban J connectivity index is 1.58. The largest absolute Gasteiger partial charge is 0.476 e. The van der Waals surface area contributed by atoms with Crippen molar-refractivity contribution in [2.75, 3.05) is 5.32 Å². The van der Waals surface area contributed by atoms with Gasteiger partial charge in [0, 0.05) is 17.1 Å². The van der Waals surface area contributed by atoms with E-state index < -0.39 is 5.97 Å². The second-order valence-corrected chi connectivity index (χ2v) is 8.03. The van der Waals surface area contributed by atoms with Crippen LogP contribution in [-0.4, -0.2) is 31.9 Å². The molecule has 0 aliphatic carbocycles. The molecular weight excluding hydrogens is 412 g/mol. The average Bonchev–Trinajstić information content (AvgIpc) is 3.34. The first-order chi connectivity index (χ1) is 15.0. The topological polar surface area (TPSA) is 108 Å². The van der Waals surface area contributed by atoms with Crippen LogP contribution in [0.1, 0.15) is 26.4 Å². The zero-order chi connectivity index (χ0) is 21.5. The first kappa shape index (κ1) is 19.0. The van der Waals surface area contributed by atoms with Crippen LogP contribution in [0.3, 0.4) is 0 Å². The van der Waals surface area contributed by atoms with Crippen molar-refractivity contribution in [2.24, 2.45) is 0 Å². The third kappa shape index (κ3) is 3.23. The average molecular weight is 428 g/mol. The maximum atomic E-state index is 13.1. The number of carboxylic acids is 1. The summed E-state index contributed by atoms with van der Waals surface area (Å²) in [5.74, 6) is -1.40. The SMILES string of the molecule is Cc1c(-c2cccnc2C(=O)O)[nH]c2c(C(=O)Nc3nc4ccccc4s3)cccc12. The molecule has 0 radical (unpaired) electrons. The molecule has 1 amide bonds. The van der Waals surface area contributed by atoms with E-state index in [1.807, 2.05) is 43.3 Å². The standard InChI is InChI=1S/C23H16N4O3S/c1-12-13-6-4-7-15(21(28)27-23-25-16-9-2-3-10-17(16)31-23)19(13)26-18(12)14-8-5-11-24-20(14)22(29)30/h2-11,26H,1H3,(H,29,30)(H,25,27,28). The molecule has 0 unspecified atom stereocenters. The molecule has 5 rings (SSSR count). The van der Waals surface area contributed by atoms with Gasteiger partial charge in [0.1, 0.15) is 0 Å². The molecule has 3 heterocycles. The Morgan fingerprint density at radius 1 is 1.06 bits per heavy atom. The van der Waals surface area contributed by atoms with Gasteiger partial charge in [0.05, 0.1) is 27.0 Å². The Morgan fingerprint density at radius 3 is 2.71 bits per heavy atom. The molecule has 2 aromatic carbocycles. The smallest absolute Gasteiger partial charge is 0.355 e. The summed E-state index contributed by atoms with van der Waals surface area (Å²) in [6.07, 6.45) is 1.45. The van der Waals surface area contributed by atoms with Gasteiger partial charge in [-0.05, 0) is 42.8 Å². The maximum absolute atomic E-state index is 13.1. The summed E-state index contributed by atoms with van der Waals surface area (Å²) in [6.45, 7) is 1.89. The Hall–Kier alpha value is -4.04. The van der Waals surface area contributed by atoms with Crippen molar-refractivity contribution in [3.63, 3.8) is 0 Å². The Labute approximate surface area is 180 Å². The molecular formula is C23H16N4O3S. The van der Waals surface area contributed by atoms with Gasteiger partial charge in [-0.3, -0.25) is 10.1 Å². The first-order valence-electron chi connectivity index (χ1n) is 9.50. The van der Waals surface area contributed by atoms with E-state index >= 15 is 0 Å². The van der Waals surface area contributed by atoms with Gasteiger partial charge in [0.25, 0.3) is 5.91 Å². The van der Waals surface area contributed by atoms with Crippen LogP contribution < -0.4 is 5.32 Å².